The van der Waals surface area contributed by atoms with Gasteiger partial charge in [-0.25, -0.2) is 0 Å². The van der Waals surface area contributed by atoms with Crippen molar-refractivity contribution in [2.24, 2.45) is 5.73 Å². The van der Waals surface area contributed by atoms with Crippen LogP contribution in [0.15, 0.2) is 0 Å². The lowest BCUT2D eigenvalue weighted by Crippen LogP contribution is -2.49. The minimum absolute atomic E-state index is 0.300. The fourth-order valence-electron chi connectivity index (χ4n) is 1.51. The van der Waals surface area contributed by atoms with Crippen LogP contribution in [-0.2, 0) is 9.53 Å². The normalized spacial score (nSPS) is 36.1. The van der Waals surface area contributed by atoms with E-state index in [-0.39, 0.29) is 12.1 Å². The third kappa shape index (κ3) is 2.19. The molecule has 4 nitrogen and oxygen atoms in total. The summed E-state index contributed by atoms with van der Waals surface area (Å²) >= 11 is 0. The molecule has 1 aliphatic rings. The zero-order valence-electron chi connectivity index (χ0n) is 7.19. The molecule has 70 valence electrons. The Hall–Kier alpha value is -0.610. The van der Waals surface area contributed by atoms with Crippen molar-refractivity contribution in [2.75, 3.05) is 0 Å². The molecular formula is C8H15NO3. The molecule has 0 radical (unpaired) electrons. The predicted octanol–water partition coefficient (Wildman–Crippen LogP) is -0.210. The van der Waals surface area contributed by atoms with Gasteiger partial charge in [0.05, 0.1) is 12.1 Å². The molecule has 1 fully saturated rings. The van der Waals surface area contributed by atoms with Crippen molar-refractivity contribution in [2.45, 2.75) is 44.4 Å². The molecule has 4 heteroatoms. The minimum Gasteiger partial charge on any atom is -0.461 e. The molecule has 1 aliphatic carbocycles. The second-order valence-corrected chi connectivity index (χ2v) is 3.22. The number of ether oxygens (including phenoxy) is 1. The molecule has 1 rings (SSSR count). The number of rotatable bonds is 1. The van der Waals surface area contributed by atoms with Crippen LogP contribution in [0.5, 0.6) is 0 Å². The number of aliphatic hydroxyl groups is 1. The standard InChI is InChI=1S/C8H15NO3/c1-5(10)12-7-4-2-3-6(11)8(7)9/h6-8,11H,2-4,9H2,1H3. The molecule has 0 spiro atoms. The predicted molar refractivity (Wildman–Crippen MR) is 43.4 cm³/mol. The second-order valence-electron chi connectivity index (χ2n) is 3.22. The van der Waals surface area contributed by atoms with Gasteiger partial charge < -0.3 is 15.6 Å². The molecule has 0 aromatic rings. The first-order valence-corrected chi connectivity index (χ1v) is 4.22. The molecule has 0 aromatic heterocycles. The molecule has 0 heterocycles. The average Bonchev–Trinajstić information content (AvgIpc) is 1.98. The summed E-state index contributed by atoms with van der Waals surface area (Å²) in [5, 5.41) is 9.34. The highest BCUT2D eigenvalue weighted by Gasteiger charge is 2.30. The van der Waals surface area contributed by atoms with Gasteiger partial charge in [-0.05, 0) is 19.3 Å². The molecule has 1 saturated carbocycles. The summed E-state index contributed by atoms with van der Waals surface area (Å²) in [7, 11) is 0. The largest absolute Gasteiger partial charge is 0.461 e. The van der Waals surface area contributed by atoms with E-state index in [1.54, 1.807) is 0 Å². The summed E-state index contributed by atoms with van der Waals surface area (Å²) in [5.41, 5.74) is 5.64. The quantitative estimate of drug-likeness (QED) is 0.538. The Labute approximate surface area is 71.7 Å². The monoisotopic (exact) mass is 173 g/mol. The summed E-state index contributed by atoms with van der Waals surface area (Å²) in [6.45, 7) is 1.35. The lowest BCUT2D eigenvalue weighted by Gasteiger charge is -2.31. The van der Waals surface area contributed by atoms with Crippen molar-refractivity contribution >= 4 is 5.97 Å². The Morgan fingerprint density at radius 3 is 2.83 bits per heavy atom. The van der Waals surface area contributed by atoms with Crippen molar-refractivity contribution in [3.8, 4) is 0 Å². The Morgan fingerprint density at radius 1 is 1.58 bits per heavy atom. The van der Waals surface area contributed by atoms with Crippen LogP contribution in [0.1, 0.15) is 26.2 Å². The maximum atomic E-state index is 10.6. The van der Waals surface area contributed by atoms with Crippen molar-refractivity contribution < 1.29 is 14.6 Å². The third-order valence-corrected chi connectivity index (χ3v) is 2.18. The van der Waals surface area contributed by atoms with Gasteiger partial charge in [0.15, 0.2) is 0 Å². The minimum atomic E-state index is -0.525. The highest BCUT2D eigenvalue weighted by Crippen LogP contribution is 2.20. The highest BCUT2D eigenvalue weighted by molar-refractivity contribution is 5.66. The Morgan fingerprint density at radius 2 is 2.25 bits per heavy atom. The van der Waals surface area contributed by atoms with Crippen molar-refractivity contribution in [3.63, 3.8) is 0 Å². The first-order valence-electron chi connectivity index (χ1n) is 4.22. The van der Waals surface area contributed by atoms with Crippen LogP contribution < -0.4 is 5.73 Å². The van der Waals surface area contributed by atoms with Crippen LogP contribution in [0.25, 0.3) is 0 Å². The number of esters is 1. The molecule has 3 atom stereocenters. The molecule has 0 amide bonds. The highest BCUT2D eigenvalue weighted by atomic mass is 16.5. The van der Waals surface area contributed by atoms with Crippen LogP contribution in [0.2, 0.25) is 0 Å². The first-order chi connectivity index (χ1) is 5.61. The number of carbonyl (C=O) groups excluding carboxylic acids is 1. The number of carbonyl (C=O) groups is 1. The van der Waals surface area contributed by atoms with E-state index in [1.165, 1.54) is 6.92 Å². The van der Waals surface area contributed by atoms with E-state index < -0.39 is 12.1 Å². The van der Waals surface area contributed by atoms with Gasteiger partial charge in [-0.3, -0.25) is 4.79 Å². The van der Waals surface area contributed by atoms with Crippen LogP contribution in [0.4, 0.5) is 0 Å². The summed E-state index contributed by atoms with van der Waals surface area (Å²) < 4.78 is 4.95. The molecule has 12 heavy (non-hydrogen) atoms. The maximum absolute atomic E-state index is 10.6. The maximum Gasteiger partial charge on any atom is 0.302 e. The van der Waals surface area contributed by atoms with E-state index in [1.807, 2.05) is 0 Å². The lowest BCUT2D eigenvalue weighted by atomic mass is 9.90. The zero-order chi connectivity index (χ0) is 9.14. The van der Waals surface area contributed by atoms with Gasteiger partial charge in [0.2, 0.25) is 0 Å². The summed E-state index contributed by atoms with van der Waals surface area (Å²) in [6.07, 6.45) is 1.51. The van der Waals surface area contributed by atoms with E-state index in [2.05, 4.69) is 0 Å². The van der Waals surface area contributed by atoms with Gasteiger partial charge in [0, 0.05) is 6.92 Å². The van der Waals surface area contributed by atoms with Crippen LogP contribution >= 0.6 is 0 Å². The number of hydrogen-bond acceptors (Lipinski definition) is 4. The number of aliphatic hydroxyl groups excluding tert-OH is 1. The van der Waals surface area contributed by atoms with Gasteiger partial charge in [-0.15, -0.1) is 0 Å². The van der Waals surface area contributed by atoms with Gasteiger partial charge in [-0.1, -0.05) is 0 Å². The van der Waals surface area contributed by atoms with Crippen molar-refractivity contribution in [3.05, 3.63) is 0 Å². The smallest absolute Gasteiger partial charge is 0.302 e. The summed E-state index contributed by atoms with van der Waals surface area (Å²) in [5.74, 6) is -0.329. The lowest BCUT2D eigenvalue weighted by molar-refractivity contribution is -0.150. The number of nitrogens with two attached hydrogens (primary N) is 1. The van der Waals surface area contributed by atoms with Crippen LogP contribution in [0.3, 0.4) is 0 Å². The first kappa shape index (κ1) is 9.48. The fraction of sp³-hybridized carbons (Fsp3) is 0.875. The van der Waals surface area contributed by atoms with E-state index >= 15 is 0 Å². The van der Waals surface area contributed by atoms with Gasteiger partial charge in [-0.2, -0.15) is 0 Å². The summed E-state index contributed by atoms with van der Waals surface area (Å²) in [4.78, 5) is 10.6. The third-order valence-electron chi connectivity index (χ3n) is 2.18. The molecule has 0 bridgehead atoms. The van der Waals surface area contributed by atoms with Crippen molar-refractivity contribution in [1.82, 2.24) is 0 Å². The van der Waals surface area contributed by atoms with E-state index in [0.29, 0.717) is 6.42 Å². The van der Waals surface area contributed by atoms with Crippen LogP contribution in [0, 0.1) is 0 Å². The molecule has 3 N–H and O–H groups in total. The van der Waals surface area contributed by atoms with E-state index in [9.17, 15) is 9.90 Å². The Bertz CT molecular complexity index is 172. The summed E-state index contributed by atoms with van der Waals surface area (Å²) in [6, 6.07) is -0.414. The zero-order valence-corrected chi connectivity index (χ0v) is 7.19. The molecule has 0 aromatic carbocycles. The van der Waals surface area contributed by atoms with Gasteiger partial charge in [0.1, 0.15) is 6.10 Å². The Kier molecular flexibility index (Phi) is 3.05. The van der Waals surface area contributed by atoms with E-state index in [4.69, 9.17) is 10.5 Å². The molecular weight excluding hydrogens is 158 g/mol. The molecule has 0 saturated heterocycles. The molecule has 0 aliphatic heterocycles. The fourth-order valence-corrected chi connectivity index (χ4v) is 1.51. The molecule has 3 unspecified atom stereocenters. The second kappa shape index (κ2) is 3.87. The number of hydrogen-bond donors (Lipinski definition) is 2. The average molecular weight is 173 g/mol. The van der Waals surface area contributed by atoms with Crippen LogP contribution in [-0.4, -0.2) is 29.3 Å². The van der Waals surface area contributed by atoms with Gasteiger partial charge in [0.25, 0.3) is 0 Å². The van der Waals surface area contributed by atoms with Gasteiger partial charge >= 0.3 is 5.97 Å². The Balaban J connectivity index is 2.46. The van der Waals surface area contributed by atoms with E-state index in [0.717, 1.165) is 12.8 Å². The SMILES string of the molecule is CC(=O)OC1CCCC(O)C1N. The van der Waals surface area contributed by atoms with Crippen molar-refractivity contribution in [1.29, 1.82) is 0 Å². The topological polar surface area (TPSA) is 72.5 Å².